The zero-order valence-electron chi connectivity index (χ0n) is 18.4. The molecular weight excluding hydrogens is 360 g/mol. The maximum absolute atomic E-state index is 6.92. The van der Waals surface area contributed by atoms with Crippen LogP contribution in [-0.2, 0) is 8.85 Å². The molecule has 0 saturated heterocycles. The second-order valence-corrected chi connectivity index (χ2v) is 11.6. The Morgan fingerprint density at radius 2 is 1.29 bits per heavy atom. The van der Waals surface area contributed by atoms with E-state index < -0.39 is 8.56 Å². The molecule has 0 heterocycles. The van der Waals surface area contributed by atoms with Crippen LogP contribution in [0.3, 0.4) is 0 Å². The molecule has 1 unspecified atom stereocenters. The molecule has 0 radical (unpaired) electrons. The van der Waals surface area contributed by atoms with Gasteiger partial charge < -0.3 is 8.85 Å². The molecule has 2 nitrogen and oxygen atoms in total. The lowest BCUT2D eigenvalue weighted by Crippen LogP contribution is -2.65. The highest BCUT2D eigenvalue weighted by atomic mass is 28.4. The number of hydrogen-bond acceptors (Lipinski definition) is 2. The highest BCUT2D eigenvalue weighted by Crippen LogP contribution is 2.26. The van der Waals surface area contributed by atoms with Crippen LogP contribution in [0.1, 0.15) is 66.7 Å². The Morgan fingerprint density at radius 3 is 1.75 bits per heavy atom. The topological polar surface area (TPSA) is 18.5 Å². The average Bonchev–Trinajstić information content (AvgIpc) is 2.70. The first-order chi connectivity index (χ1) is 13.4. The fraction of sp³-hybridized carbons (Fsp3) is 0.520. The first-order valence-electron chi connectivity index (χ1n) is 10.8. The van der Waals surface area contributed by atoms with Gasteiger partial charge in [0, 0.05) is 12.7 Å². The van der Waals surface area contributed by atoms with Crippen LogP contribution in [0.15, 0.2) is 60.7 Å². The van der Waals surface area contributed by atoms with Gasteiger partial charge in [0.2, 0.25) is 0 Å². The first kappa shape index (κ1) is 22.9. The summed E-state index contributed by atoms with van der Waals surface area (Å²) in [4.78, 5) is 0. The number of unbranched alkanes of at least 4 members (excludes halogenated alkanes) is 4. The Kier molecular flexibility index (Phi) is 8.93. The minimum absolute atomic E-state index is 0.0479. The predicted molar refractivity (Wildman–Crippen MR) is 123 cm³/mol. The highest BCUT2D eigenvalue weighted by molar-refractivity contribution is 6.92. The van der Waals surface area contributed by atoms with Gasteiger partial charge >= 0.3 is 8.56 Å². The van der Waals surface area contributed by atoms with Crippen LogP contribution in [0, 0.1) is 5.41 Å². The molecule has 0 bridgehead atoms. The van der Waals surface area contributed by atoms with Gasteiger partial charge in [-0.2, -0.15) is 0 Å². The van der Waals surface area contributed by atoms with E-state index in [4.69, 9.17) is 8.85 Å². The van der Waals surface area contributed by atoms with Crippen LogP contribution in [0.4, 0.5) is 0 Å². The molecule has 2 aromatic carbocycles. The van der Waals surface area contributed by atoms with Gasteiger partial charge in [-0.05, 0) is 29.1 Å². The van der Waals surface area contributed by atoms with Crippen LogP contribution in [-0.4, -0.2) is 21.3 Å². The van der Waals surface area contributed by atoms with Crippen molar-refractivity contribution in [3.8, 4) is 0 Å². The van der Waals surface area contributed by atoms with Crippen LogP contribution in [0.5, 0.6) is 0 Å². The smallest absolute Gasteiger partial charge is 0.388 e. The minimum atomic E-state index is -2.79. The summed E-state index contributed by atoms with van der Waals surface area (Å²) in [6, 6.07) is 21.2. The van der Waals surface area contributed by atoms with Crippen LogP contribution >= 0.6 is 0 Å². The van der Waals surface area contributed by atoms with Crippen LogP contribution in [0.2, 0.25) is 0 Å². The molecule has 0 spiro atoms. The van der Waals surface area contributed by atoms with E-state index in [0.29, 0.717) is 0 Å². The molecule has 1 atom stereocenters. The fourth-order valence-electron chi connectivity index (χ4n) is 3.17. The van der Waals surface area contributed by atoms with E-state index in [2.05, 4.69) is 95.3 Å². The van der Waals surface area contributed by atoms with Crippen molar-refractivity contribution in [2.24, 2.45) is 5.41 Å². The summed E-state index contributed by atoms with van der Waals surface area (Å²) in [6.45, 7) is 11.9. The summed E-state index contributed by atoms with van der Waals surface area (Å²) in [5.41, 5.74) is 0.0479. The zero-order chi connectivity index (χ0) is 20.5. The van der Waals surface area contributed by atoms with E-state index in [1.807, 2.05) is 0 Å². The van der Waals surface area contributed by atoms with Gasteiger partial charge in [-0.1, -0.05) is 114 Å². The van der Waals surface area contributed by atoms with Crippen molar-refractivity contribution < 1.29 is 8.85 Å². The maximum Gasteiger partial charge on any atom is 0.407 e. The molecule has 0 N–H and O–H groups in total. The van der Waals surface area contributed by atoms with Crippen molar-refractivity contribution in [3.05, 3.63) is 60.7 Å². The molecule has 28 heavy (non-hydrogen) atoms. The Labute approximate surface area is 173 Å². The second kappa shape index (κ2) is 10.9. The summed E-state index contributed by atoms with van der Waals surface area (Å²) >= 11 is 0. The largest absolute Gasteiger partial charge is 0.407 e. The van der Waals surface area contributed by atoms with Crippen LogP contribution in [0.25, 0.3) is 0 Å². The van der Waals surface area contributed by atoms with Gasteiger partial charge in [-0.25, -0.2) is 0 Å². The van der Waals surface area contributed by atoms with E-state index in [1.54, 1.807) is 0 Å². The molecule has 0 fully saturated rings. The van der Waals surface area contributed by atoms with Crippen LogP contribution < -0.4 is 10.4 Å². The van der Waals surface area contributed by atoms with Crippen molar-refractivity contribution >= 4 is 18.9 Å². The SMILES string of the molecule is CCCCCCCO[Si](OC(C)C(C)(C)C)(c1ccccc1)c1ccccc1. The fourth-order valence-corrected chi connectivity index (χ4v) is 6.72. The van der Waals surface area contributed by atoms with Gasteiger partial charge in [-0.15, -0.1) is 0 Å². The average molecular weight is 399 g/mol. The lowest BCUT2D eigenvalue weighted by molar-refractivity contribution is 0.0637. The monoisotopic (exact) mass is 398 g/mol. The van der Waals surface area contributed by atoms with Gasteiger partial charge in [0.15, 0.2) is 0 Å². The Balaban J connectivity index is 2.35. The molecule has 154 valence electrons. The zero-order valence-corrected chi connectivity index (χ0v) is 19.4. The van der Waals surface area contributed by atoms with Gasteiger partial charge in [0.05, 0.1) is 0 Å². The molecule has 0 aromatic heterocycles. The summed E-state index contributed by atoms with van der Waals surface area (Å²) in [5, 5.41) is 2.37. The minimum Gasteiger partial charge on any atom is -0.388 e. The van der Waals surface area contributed by atoms with Gasteiger partial charge in [-0.3, -0.25) is 0 Å². The summed E-state index contributed by atoms with van der Waals surface area (Å²) in [7, 11) is -2.79. The maximum atomic E-state index is 6.92. The van der Waals surface area contributed by atoms with E-state index >= 15 is 0 Å². The summed E-state index contributed by atoms with van der Waals surface area (Å²) < 4.78 is 13.7. The molecule has 0 aliphatic rings. The quantitative estimate of drug-likeness (QED) is 0.358. The standard InChI is InChI=1S/C25H38O2Si/c1-6-7-8-9-16-21-26-28(23-17-12-10-13-18-23,24-19-14-11-15-20-24)27-22(2)25(3,4)5/h10-15,17-20,22H,6-9,16,21H2,1-5H3. The molecule has 0 aliphatic carbocycles. The molecule has 2 rings (SSSR count). The van der Waals surface area contributed by atoms with Crippen molar-refractivity contribution in [3.63, 3.8) is 0 Å². The van der Waals surface area contributed by atoms with Crippen molar-refractivity contribution in [2.45, 2.75) is 72.8 Å². The second-order valence-electron chi connectivity index (χ2n) is 8.74. The van der Waals surface area contributed by atoms with E-state index in [-0.39, 0.29) is 11.5 Å². The predicted octanol–water partition coefficient (Wildman–Crippen LogP) is 5.68. The Hall–Kier alpha value is -1.42. The van der Waals surface area contributed by atoms with Crippen molar-refractivity contribution in [2.75, 3.05) is 6.61 Å². The number of benzene rings is 2. The highest BCUT2D eigenvalue weighted by Gasteiger charge is 2.45. The van der Waals surface area contributed by atoms with E-state index in [1.165, 1.54) is 36.1 Å². The first-order valence-corrected chi connectivity index (χ1v) is 12.6. The summed E-state index contributed by atoms with van der Waals surface area (Å²) in [5.74, 6) is 0. The molecule has 2 aromatic rings. The Bertz CT molecular complexity index is 624. The van der Waals surface area contributed by atoms with E-state index in [0.717, 1.165) is 13.0 Å². The van der Waals surface area contributed by atoms with Gasteiger partial charge in [0.25, 0.3) is 0 Å². The van der Waals surface area contributed by atoms with Crippen molar-refractivity contribution in [1.29, 1.82) is 0 Å². The van der Waals surface area contributed by atoms with Gasteiger partial charge in [0.1, 0.15) is 0 Å². The third-order valence-electron chi connectivity index (χ3n) is 5.42. The number of rotatable bonds is 11. The third-order valence-corrected chi connectivity index (χ3v) is 8.91. The lowest BCUT2D eigenvalue weighted by atomic mass is 9.91. The number of hydrogen-bond donors (Lipinski definition) is 0. The lowest BCUT2D eigenvalue weighted by Gasteiger charge is -2.38. The molecule has 3 heteroatoms. The third kappa shape index (κ3) is 6.30. The molecule has 0 saturated carbocycles. The van der Waals surface area contributed by atoms with Crippen molar-refractivity contribution in [1.82, 2.24) is 0 Å². The molecule has 0 aliphatic heterocycles. The van der Waals surface area contributed by atoms with E-state index in [9.17, 15) is 0 Å². The molecular formula is C25H38O2Si. The summed E-state index contributed by atoms with van der Waals surface area (Å²) in [6.07, 6.45) is 6.24. The normalized spacial score (nSPS) is 13.5. The Morgan fingerprint density at radius 1 is 0.786 bits per heavy atom. The molecule has 0 amide bonds.